The molecule has 0 aromatic rings. The van der Waals surface area contributed by atoms with Gasteiger partial charge in [0, 0.05) is 1.37 Å². The van der Waals surface area contributed by atoms with E-state index >= 15 is 0 Å². The van der Waals surface area contributed by atoms with Crippen LogP contribution in [0.15, 0.2) is 0 Å². The Kier molecular flexibility index (Phi) is 3.15. The van der Waals surface area contributed by atoms with Crippen LogP contribution in [0, 0.1) is 0 Å². The van der Waals surface area contributed by atoms with Gasteiger partial charge in [-0.25, -0.2) is 0 Å². The molecule has 0 saturated heterocycles. The monoisotopic (exact) mass is 133 g/mol. The molecule has 0 rings (SSSR count). The summed E-state index contributed by atoms with van der Waals surface area (Å²) >= 11 is 0. The van der Waals surface area contributed by atoms with Crippen molar-refractivity contribution in [2.24, 2.45) is 0 Å². The predicted octanol–water partition coefficient (Wildman–Crippen LogP) is 0.320. The third-order valence-corrected chi connectivity index (χ3v) is 0.664. The second kappa shape index (κ2) is 4.32. The zero-order valence-electron chi connectivity index (χ0n) is 6.63. The van der Waals surface area contributed by atoms with Crippen LogP contribution in [0.4, 0.5) is 0 Å². The summed E-state index contributed by atoms with van der Waals surface area (Å²) in [5.41, 5.74) is 0. The minimum atomic E-state index is -1.17. The molecule has 0 aliphatic heterocycles. The maximum absolute atomic E-state index is 10.6. The number of esters is 1. The van der Waals surface area contributed by atoms with Gasteiger partial charge < -0.3 is 9.84 Å². The van der Waals surface area contributed by atoms with E-state index in [1.54, 1.807) is 6.92 Å². The molecule has 1 N–H and O–H groups in total. The molecule has 0 heterocycles. The summed E-state index contributed by atoms with van der Waals surface area (Å²) in [6, 6.07) is 0. The lowest BCUT2D eigenvalue weighted by Crippen LogP contribution is -2.11. The molecule has 3 heteroatoms. The van der Waals surface area contributed by atoms with Crippen LogP contribution >= 0.6 is 0 Å². The summed E-state index contributed by atoms with van der Waals surface area (Å²) in [5, 5.41) is 8.73. The van der Waals surface area contributed by atoms with Crippen LogP contribution in [0.25, 0.3) is 0 Å². The second-order valence-electron chi connectivity index (χ2n) is 1.66. The molecular weight excluding hydrogens is 120 g/mol. The van der Waals surface area contributed by atoms with Gasteiger partial charge in [-0.15, -0.1) is 0 Å². The minimum absolute atomic E-state index is 0.251. The SMILES string of the molecule is [2H][C@H](C(=O)OCC)[C@H](C)O. The number of rotatable bonds is 3. The van der Waals surface area contributed by atoms with Crippen LogP contribution in [0.5, 0.6) is 0 Å². The van der Waals surface area contributed by atoms with Crippen molar-refractivity contribution in [3.63, 3.8) is 0 Å². The lowest BCUT2D eigenvalue weighted by molar-refractivity contribution is -0.145. The summed E-state index contributed by atoms with van der Waals surface area (Å²) in [7, 11) is 0. The van der Waals surface area contributed by atoms with Crippen LogP contribution in [-0.4, -0.2) is 23.8 Å². The Morgan fingerprint density at radius 3 is 2.89 bits per heavy atom. The first-order chi connectivity index (χ1) is 4.59. The molecule has 0 amide bonds. The van der Waals surface area contributed by atoms with Crippen LogP contribution in [0.1, 0.15) is 21.6 Å². The van der Waals surface area contributed by atoms with E-state index in [4.69, 9.17) is 6.48 Å². The van der Waals surface area contributed by atoms with Gasteiger partial charge in [0.15, 0.2) is 0 Å². The van der Waals surface area contributed by atoms with E-state index in [1.165, 1.54) is 6.92 Å². The predicted molar refractivity (Wildman–Crippen MR) is 32.9 cm³/mol. The number of aliphatic hydroxyl groups excluding tert-OH is 1. The molecule has 9 heavy (non-hydrogen) atoms. The zero-order valence-corrected chi connectivity index (χ0v) is 5.63. The zero-order chi connectivity index (χ0) is 8.15. The van der Waals surface area contributed by atoms with Crippen molar-refractivity contribution in [3.05, 3.63) is 0 Å². The van der Waals surface area contributed by atoms with Crippen molar-refractivity contribution in [2.75, 3.05) is 6.61 Å². The molecule has 0 aromatic carbocycles. The van der Waals surface area contributed by atoms with Crippen LogP contribution in [0.2, 0.25) is 0 Å². The summed E-state index contributed by atoms with van der Waals surface area (Å²) in [6.07, 6.45) is -2.13. The Morgan fingerprint density at radius 2 is 2.56 bits per heavy atom. The fraction of sp³-hybridized carbons (Fsp3) is 0.833. The van der Waals surface area contributed by atoms with E-state index in [0.29, 0.717) is 0 Å². The van der Waals surface area contributed by atoms with Gasteiger partial charge in [-0.3, -0.25) is 4.79 Å². The van der Waals surface area contributed by atoms with Gasteiger partial charge in [-0.2, -0.15) is 0 Å². The van der Waals surface area contributed by atoms with Crippen molar-refractivity contribution in [1.82, 2.24) is 0 Å². The van der Waals surface area contributed by atoms with Gasteiger partial charge in [-0.1, -0.05) is 0 Å². The summed E-state index contributed by atoms with van der Waals surface area (Å²) in [4.78, 5) is 10.6. The Morgan fingerprint density at radius 1 is 2.00 bits per heavy atom. The van der Waals surface area contributed by atoms with Gasteiger partial charge in [0.1, 0.15) is 0 Å². The first-order valence-corrected chi connectivity index (χ1v) is 2.86. The highest BCUT2D eigenvalue weighted by atomic mass is 16.5. The molecule has 0 unspecified atom stereocenters. The Bertz CT molecular complexity index is 114. The first kappa shape index (κ1) is 6.55. The minimum Gasteiger partial charge on any atom is -0.466 e. The fourth-order valence-electron chi connectivity index (χ4n) is 0.387. The van der Waals surface area contributed by atoms with Gasteiger partial charge in [0.05, 0.1) is 19.1 Å². The average Bonchev–Trinajstić information content (AvgIpc) is 1.87. The van der Waals surface area contributed by atoms with Crippen molar-refractivity contribution >= 4 is 5.97 Å². The molecule has 54 valence electrons. The maximum atomic E-state index is 10.6. The molecule has 0 saturated carbocycles. The number of carbonyl (C=O) groups excluding carboxylic acids is 1. The largest absolute Gasteiger partial charge is 0.466 e. The van der Waals surface area contributed by atoms with Gasteiger partial charge in [-0.05, 0) is 13.8 Å². The standard InChI is InChI=1S/C6H12O3/c1-3-9-6(8)4-5(2)7/h5,7H,3-4H2,1-2H3/t5-/m0/s1/i4D/t4-,5-. The van der Waals surface area contributed by atoms with Gasteiger partial charge in [0.2, 0.25) is 0 Å². The third kappa shape index (κ3) is 5.30. The van der Waals surface area contributed by atoms with E-state index < -0.39 is 18.5 Å². The lowest BCUT2D eigenvalue weighted by Gasteiger charge is -2.01. The van der Waals surface area contributed by atoms with E-state index in [9.17, 15) is 4.79 Å². The molecule has 0 aromatic heterocycles. The highest BCUT2D eigenvalue weighted by molar-refractivity contribution is 5.69. The Hall–Kier alpha value is -0.570. The summed E-state index contributed by atoms with van der Waals surface area (Å²) in [5.74, 6) is -0.669. The number of hydrogen-bond donors (Lipinski definition) is 1. The molecule has 2 atom stereocenters. The van der Waals surface area contributed by atoms with Crippen LogP contribution in [-0.2, 0) is 9.53 Å². The molecule has 0 spiro atoms. The van der Waals surface area contributed by atoms with E-state index in [2.05, 4.69) is 4.74 Å². The maximum Gasteiger partial charge on any atom is 0.308 e. The quantitative estimate of drug-likeness (QED) is 0.564. The molecule has 0 aliphatic carbocycles. The number of ether oxygens (including phenoxy) is 1. The van der Waals surface area contributed by atoms with Crippen LogP contribution < -0.4 is 0 Å². The normalized spacial score (nSPS) is 17.9. The third-order valence-electron chi connectivity index (χ3n) is 0.664. The summed E-state index contributed by atoms with van der Waals surface area (Å²) in [6.45, 7) is 3.29. The van der Waals surface area contributed by atoms with E-state index in [-0.39, 0.29) is 6.61 Å². The van der Waals surface area contributed by atoms with Crippen molar-refractivity contribution < 1.29 is 16.0 Å². The van der Waals surface area contributed by atoms with E-state index in [1.807, 2.05) is 0 Å². The highest BCUT2D eigenvalue weighted by Gasteiger charge is 2.04. The first-order valence-electron chi connectivity index (χ1n) is 3.44. The number of hydrogen-bond acceptors (Lipinski definition) is 3. The van der Waals surface area contributed by atoms with Crippen LogP contribution in [0.3, 0.4) is 0 Å². The van der Waals surface area contributed by atoms with Gasteiger partial charge >= 0.3 is 5.97 Å². The topological polar surface area (TPSA) is 46.5 Å². The van der Waals surface area contributed by atoms with Crippen molar-refractivity contribution in [3.8, 4) is 0 Å². The van der Waals surface area contributed by atoms with Crippen molar-refractivity contribution in [2.45, 2.75) is 26.3 Å². The molecule has 0 aliphatic rings. The van der Waals surface area contributed by atoms with Crippen molar-refractivity contribution in [1.29, 1.82) is 0 Å². The highest BCUT2D eigenvalue weighted by Crippen LogP contribution is 1.91. The Labute approximate surface area is 56.0 Å². The molecule has 3 nitrogen and oxygen atoms in total. The second-order valence-corrected chi connectivity index (χ2v) is 1.66. The molecule has 0 radical (unpaired) electrons. The molecule has 0 bridgehead atoms. The average molecular weight is 133 g/mol. The number of aliphatic hydroxyl groups is 1. The number of carbonyl (C=O) groups is 1. The Balaban J connectivity index is 3.71. The fourth-order valence-corrected chi connectivity index (χ4v) is 0.387. The molecule has 0 fully saturated rings. The van der Waals surface area contributed by atoms with Gasteiger partial charge in [0.25, 0.3) is 0 Å². The smallest absolute Gasteiger partial charge is 0.308 e. The van der Waals surface area contributed by atoms with E-state index in [0.717, 1.165) is 0 Å². The summed E-state index contributed by atoms with van der Waals surface area (Å²) < 4.78 is 11.5. The lowest BCUT2D eigenvalue weighted by atomic mass is 10.3. The molecular formula is C6H12O3.